The van der Waals surface area contributed by atoms with Gasteiger partial charge >= 0.3 is 0 Å². The third-order valence-corrected chi connectivity index (χ3v) is 2.41. The van der Waals surface area contributed by atoms with E-state index in [4.69, 9.17) is 25.5 Å². The molecule has 0 fully saturated rings. The van der Waals surface area contributed by atoms with Crippen LogP contribution in [0.1, 0.15) is 28.6 Å². The molecule has 0 aliphatic heterocycles. The molecule has 0 aliphatic rings. The summed E-state index contributed by atoms with van der Waals surface area (Å²) in [7, 11) is 3.00. The van der Waals surface area contributed by atoms with Crippen molar-refractivity contribution < 1.29 is 18.7 Å². The van der Waals surface area contributed by atoms with Crippen molar-refractivity contribution in [2.75, 3.05) is 20.8 Å². The second-order valence-corrected chi connectivity index (χ2v) is 4.08. The molecule has 6 heteroatoms. The van der Waals surface area contributed by atoms with Crippen molar-refractivity contribution in [3.05, 3.63) is 23.7 Å². The van der Waals surface area contributed by atoms with E-state index in [-0.39, 0.29) is 23.6 Å². The van der Waals surface area contributed by atoms with E-state index in [0.717, 1.165) is 0 Å². The minimum Gasteiger partial charge on any atom is -0.454 e. The number of alkyl halides is 1. The molecule has 0 aliphatic carbocycles. The van der Waals surface area contributed by atoms with Crippen molar-refractivity contribution in [1.29, 1.82) is 0 Å². The van der Waals surface area contributed by atoms with Gasteiger partial charge in [-0.3, -0.25) is 4.79 Å². The van der Waals surface area contributed by atoms with Crippen molar-refractivity contribution in [3.63, 3.8) is 0 Å². The highest BCUT2D eigenvalue weighted by Crippen LogP contribution is 2.21. The lowest BCUT2D eigenvalue weighted by Gasteiger charge is -2.13. The van der Waals surface area contributed by atoms with Crippen molar-refractivity contribution in [3.8, 4) is 0 Å². The monoisotopic (exact) mass is 261 g/mol. The second-order valence-electron chi connectivity index (χ2n) is 3.43. The van der Waals surface area contributed by atoms with Gasteiger partial charge in [0, 0.05) is 14.2 Å². The maximum atomic E-state index is 11.7. The van der Waals surface area contributed by atoms with Crippen LogP contribution in [0.2, 0.25) is 0 Å². The molecule has 1 unspecified atom stereocenters. The van der Waals surface area contributed by atoms with Gasteiger partial charge in [-0.25, -0.2) is 0 Å². The fraction of sp³-hybridized carbons (Fsp3) is 0.545. The molecule has 0 spiro atoms. The van der Waals surface area contributed by atoms with Crippen molar-refractivity contribution >= 4 is 17.5 Å². The van der Waals surface area contributed by atoms with Gasteiger partial charge in [0.25, 0.3) is 5.91 Å². The summed E-state index contributed by atoms with van der Waals surface area (Å²) in [5.41, 5.74) is 0. The Labute approximate surface area is 105 Å². The largest absolute Gasteiger partial charge is 0.454 e. The Bertz CT molecular complexity index is 360. The number of hydrogen-bond donors (Lipinski definition) is 1. The van der Waals surface area contributed by atoms with Crippen molar-refractivity contribution in [2.45, 2.75) is 18.6 Å². The third kappa shape index (κ3) is 4.03. The number of carbonyl (C=O) groups is 1. The summed E-state index contributed by atoms with van der Waals surface area (Å²) >= 11 is 5.83. The van der Waals surface area contributed by atoms with Crippen LogP contribution in [0.4, 0.5) is 0 Å². The fourth-order valence-electron chi connectivity index (χ4n) is 1.21. The van der Waals surface area contributed by atoms with Gasteiger partial charge in [0.2, 0.25) is 0 Å². The summed E-state index contributed by atoms with van der Waals surface area (Å²) in [4.78, 5) is 11.7. The first kappa shape index (κ1) is 14.0. The van der Waals surface area contributed by atoms with E-state index in [9.17, 15) is 4.79 Å². The highest BCUT2D eigenvalue weighted by Gasteiger charge is 2.15. The summed E-state index contributed by atoms with van der Waals surface area (Å²) in [6.07, 6.45) is -0.472. The van der Waals surface area contributed by atoms with Gasteiger partial charge in [0.15, 0.2) is 12.1 Å². The average molecular weight is 262 g/mol. The Morgan fingerprint density at radius 3 is 2.59 bits per heavy atom. The van der Waals surface area contributed by atoms with Crippen LogP contribution in [0, 0.1) is 0 Å². The molecule has 1 rings (SSSR count). The van der Waals surface area contributed by atoms with E-state index in [1.807, 2.05) is 0 Å². The third-order valence-electron chi connectivity index (χ3n) is 2.20. The first-order valence-electron chi connectivity index (χ1n) is 5.16. The number of furan rings is 1. The highest BCUT2D eigenvalue weighted by molar-refractivity contribution is 6.20. The molecule has 1 N–H and O–H groups in total. The lowest BCUT2D eigenvalue weighted by atomic mass is 10.3. The Morgan fingerprint density at radius 1 is 1.47 bits per heavy atom. The minimum absolute atomic E-state index is 0.221. The van der Waals surface area contributed by atoms with E-state index in [1.54, 1.807) is 19.1 Å². The van der Waals surface area contributed by atoms with E-state index in [2.05, 4.69) is 5.32 Å². The Kier molecular flexibility index (Phi) is 5.47. The molecule has 0 aromatic carbocycles. The zero-order valence-electron chi connectivity index (χ0n) is 10.0. The Hall–Kier alpha value is -1.04. The molecule has 0 saturated carbocycles. The van der Waals surface area contributed by atoms with Gasteiger partial charge in [-0.15, -0.1) is 11.6 Å². The molecule has 1 amide bonds. The van der Waals surface area contributed by atoms with Crippen molar-refractivity contribution in [1.82, 2.24) is 5.32 Å². The Morgan fingerprint density at radius 2 is 2.12 bits per heavy atom. The van der Waals surface area contributed by atoms with Crippen LogP contribution in [0.5, 0.6) is 0 Å². The van der Waals surface area contributed by atoms with Crippen LogP contribution < -0.4 is 5.32 Å². The summed E-state index contributed by atoms with van der Waals surface area (Å²) in [6.45, 7) is 2.02. The zero-order chi connectivity index (χ0) is 12.8. The number of amides is 1. The number of nitrogens with one attached hydrogen (secondary N) is 1. The molecular formula is C11H16ClNO4. The minimum atomic E-state index is -0.472. The standard InChI is InChI=1S/C11H16ClNO4/c1-7(12)8-4-5-9(17-8)11(14)13-6-10(15-2)16-3/h4-5,7,10H,6H2,1-3H3,(H,13,14). The van der Waals surface area contributed by atoms with Gasteiger partial charge in [0.1, 0.15) is 5.76 Å². The highest BCUT2D eigenvalue weighted by atomic mass is 35.5. The first-order valence-corrected chi connectivity index (χ1v) is 5.59. The second kappa shape index (κ2) is 6.64. The number of hydrogen-bond acceptors (Lipinski definition) is 4. The van der Waals surface area contributed by atoms with Crippen LogP contribution in [-0.2, 0) is 9.47 Å². The lowest BCUT2D eigenvalue weighted by molar-refractivity contribution is -0.0975. The molecular weight excluding hydrogens is 246 g/mol. The molecule has 17 heavy (non-hydrogen) atoms. The summed E-state index contributed by atoms with van der Waals surface area (Å²) in [6, 6.07) is 3.26. The van der Waals surface area contributed by atoms with Gasteiger partial charge < -0.3 is 19.2 Å². The molecule has 5 nitrogen and oxygen atoms in total. The lowest BCUT2D eigenvalue weighted by Crippen LogP contribution is -2.33. The number of halogens is 1. The maximum absolute atomic E-state index is 11.7. The molecule has 0 bridgehead atoms. The summed E-state index contributed by atoms with van der Waals surface area (Å²) in [5.74, 6) is 0.456. The van der Waals surface area contributed by atoms with Gasteiger partial charge in [0.05, 0.1) is 11.9 Å². The van der Waals surface area contributed by atoms with Crippen LogP contribution in [0.15, 0.2) is 16.5 Å². The molecule has 0 radical (unpaired) electrons. The van der Waals surface area contributed by atoms with Crippen LogP contribution in [-0.4, -0.2) is 33.0 Å². The molecule has 96 valence electrons. The van der Waals surface area contributed by atoms with E-state index in [0.29, 0.717) is 5.76 Å². The quantitative estimate of drug-likeness (QED) is 0.628. The number of rotatable bonds is 6. The van der Waals surface area contributed by atoms with Crippen LogP contribution in [0.25, 0.3) is 0 Å². The molecule has 0 saturated heterocycles. The van der Waals surface area contributed by atoms with E-state index in [1.165, 1.54) is 14.2 Å². The normalized spacial score (nSPS) is 12.8. The number of methoxy groups -OCH3 is 2. The van der Waals surface area contributed by atoms with Crippen LogP contribution in [0.3, 0.4) is 0 Å². The fourth-order valence-corrected chi connectivity index (χ4v) is 1.33. The Balaban J connectivity index is 2.52. The van der Waals surface area contributed by atoms with Gasteiger partial charge in [-0.1, -0.05) is 0 Å². The van der Waals surface area contributed by atoms with Crippen LogP contribution >= 0.6 is 11.6 Å². The number of ether oxygens (including phenoxy) is 2. The predicted molar refractivity (Wildman–Crippen MR) is 63.1 cm³/mol. The zero-order valence-corrected chi connectivity index (χ0v) is 10.8. The molecule has 1 atom stereocenters. The SMILES string of the molecule is COC(CNC(=O)c1ccc(C(C)Cl)o1)OC. The van der Waals surface area contributed by atoms with Gasteiger partial charge in [-0.2, -0.15) is 0 Å². The summed E-state index contributed by atoms with van der Waals surface area (Å²) in [5, 5.41) is 2.37. The van der Waals surface area contributed by atoms with Gasteiger partial charge in [-0.05, 0) is 19.1 Å². The summed E-state index contributed by atoms with van der Waals surface area (Å²) < 4.78 is 15.2. The smallest absolute Gasteiger partial charge is 0.287 e. The van der Waals surface area contributed by atoms with E-state index >= 15 is 0 Å². The topological polar surface area (TPSA) is 60.7 Å². The van der Waals surface area contributed by atoms with E-state index < -0.39 is 6.29 Å². The first-order chi connectivity index (χ1) is 8.08. The molecule has 1 heterocycles. The number of carbonyl (C=O) groups excluding carboxylic acids is 1. The van der Waals surface area contributed by atoms with Crippen molar-refractivity contribution in [2.24, 2.45) is 0 Å². The molecule has 1 aromatic rings. The molecule has 1 aromatic heterocycles. The maximum Gasteiger partial charge on any atom is 0.287 e. The predicted octanol–water partition coefficient (Wildman–Crippen LogP) is 1.93. The average Bonchev–Trinajstić information content (AvgIpc) is 2.79.